The number of carbonyl (C=O) groups is 1. The third-order valence-corrected chi connectivity index (χ3v) is 4.11. The van der Waals surface area contributed by atoms with Crippen LogP contribution in [0.1, 0.15) is 44.1 Å². The van der Waals surface area contributed by atoms with Gasteiger partial charge in [0.15, 0.2) is 0 Å². The van der Waals surface area contributed by atoms with Gasteiger partial charge in [0.25, 0.3) is 0 Å². The van der Waals surface area contributed by atoms with Crippen molar-refractivity contribution in [3.63, 3.8) is 0 Å². The van der Waals surface area contributed by atoms with Gasteiger partial charge in [0, 0.05) is 12.8 Å². The second-order valence-electron chi connectivity index (χ2n) is 5.37. The van der Waals surface area contributed by atoms with Crippen LogP contribution in [0.25, 0.3) is 5.57 Å². The zero-order valence-electron chi connectivity index (χ0n) is 10.9. The number of ketones is 1. The van der Waals surface area contributed by atoms with Gasteiger partial charge in [-0.25, -0.2) is 4.39 Å². The van der Waals surface area contributed by atoms with Crippen LogP contribution in [-0.2, 0) is 4.79 Å². The molecular weight excluding hydrogens is 239 g/mol. The normalized spacial score (nSPS) is 19.8. The van der Waals surface area contributed by atoms with Gasteiger partial charge in [-0.05, 0) is 49.0 Å². The van der Waals surface area contributed by atoms with E-state index in [9.17, 15) is 9.18 Å². The quantitative estimate of drug-likeness (QED) is 0.679. The fraction of sp³-hybridized carbons (Fsp3) is 0.353. The van der Waals surface area contributed by atoms with Crippen molar-refractivity contribution in [3.8, 4) is 0 Å². The third-order valence-electron chi connectivity index (χ3n) is 4.11. The number of halogens is 1. The minimum atomic E-state index is -0.186. The smallest absolute Gasteiger partial charge is 0.133 e. The van der Waals surface area contributed by atoms with Crippen molar-refractivity contribution in [1.29, 1.82) is 0 Å². The summed E-state index contributed by atoms with van der Waals surface area (Å²) < 4.78 is 13.3. The van der Waals surface area contributed by atoms with Crippen molar-refractivity contribution in [1.82, 2.24) is 0 Å². The molecule has 0 atom stereocenters. The van der Waals surface area contributed by atoms with E-state index in [-0.39, 0.29) is 5.82 Å². The maximum absolute atomic E-state index is 13.3. The minimum Gasteiger partial charge on any atom is -0.300 e. The average molecular weight is 256 g/mol. The second-order valence-corrected chi connectivity index (χ2v) is 5.37. The van der Waals surface area contributed by atoms with Crippen molar-refractivity contribution in [2.45, 2.75) is 38.5 Å². The lowest BCUT2D eigenvalue weighted by atomic mass is 9.86. The first-order chi connectivity index (χ1) is 9.22. The fourth-order valence-corrected chi connectivity index (χ4v) is 2.98. The number of hydrogen-bond donors (Lipinski definition) is 0. The minimum absolute atomic E-state index is 0.186. The number of carbonyl (C=O) groups excluding carboxylic acids is 1. The first-order valence-electron chi connectivity index (χ1n) is 6.89. The zero-order chi connectivity index (χ0) is 13.2. The van der Waals surface area contributed by atoms with E-state index >= 15 is 0 Å². The Balaban J connectivity index is 1.82. The monoisotopic (exact) mass is 256 g/mol. The largest absolute Gasteiger partial charge is 0.300 e. The topological polar surface area (TPSA) is 17.1 Å². The number of hydrogen-bond acceptors (Lipinski definition) is 1. The molecule has 0 radical (unpaired) electrons. The summed E-state index contributed by atoms with van der Waals surface area (Å²) in [6.07, 6.45) is 7.18. The molecule has 2 aliphatic rings. The number of allylic oxidation sites excluding steroid dienone is 4. The molecule has 0 fully saturated rings. The summed E-state index contributed by atoms with van der Waals surface area (Å²) in [4.78, 5) is 11.5. The molecule has 2 heteroatoms. The maximum atomic E-state index is 13.3. The van der Waals surface area contributed by atoms with Crippen molar-refractivity contribution < 1.29 is 9.18 Å². The van der Waals surface area contributed by atoms with E-state index in [0.717, 1.165) is 31.2 Å². The Labute approximate surface area is 112 Å². The Morgan fingerprint density at radius 3 is 2.58 bits per heavy atom. The molecule has 0 heterocycles. The molecule has 0 N–H and O–H groups in total. The van der Waals surface area contributed by atoms with E-state index in [2.05, 4.69) is 6.08 Å². The summed E-state index contributed by atoms with van der Waals surface area (Å²) >= 11 is 0. The molecule has 19 heavy (non-hydrogen) atoms. The van der Waals surface area contributed by atoms with Gasteiger partial charge < -0.3 is 0 Å². The van der Waals surface area contributed by atoms with E-state index < -0.39 is 0 Å². The highest BCUT2D eigenvalue weighted by Crippen LogP contribution is 2.37. The first kappa shape index (κ1) is 12.3. The number of rotatable bonds is 1. The van der Waals surface area contributed by atoms with E-state index in [1.165, 1.54) is 22.8 Å². The predicted molar refractivity (Wildman–Crippen MR) is 74.1 cm³/mol. The molecule has 1 nitrogen and oxygen atoms in total. The Morgan fingerprint density at radius 1 is 1.00 bits per heavy atom. The van der Waals surface area contributed by atoms with Crippen LogP contribution in [0.15, 0.2) is 41.5 Å². The molecule has 0 bridgehead atoms. The fourth-order valence-electron chi connectivity index (χ4n) is 2.98. The van der Waals surface area contributed by atoms with Crippen LogP contribution in [0.5, 0.6) is 0 Å². The number of Topliss-reactive ketones (excluding diaryl/α,β-unsaturated/α-hetero) is 1. The van der Waals surface area contributed by atoms with Gasteiger partial charge in [0.05, 0.1) is 0 Å². The van der Waals surface area contributed by atoms with Crippen LogP contribution >= 0.6 is 0 Å². The van der Waals surface area contributed by atoms with Gasteiger partial charge in [-0.15, -0.1) is 0 Å². The SMILES string of the molecule is O=C1CCC2=C(CC1)CC(c1cccc(F)c1)=CC2. The Bertz CT molecular complexity index is 581. The van der Waals surface area contributed by atoms with Crippen LogP contribution in [0.4, 0.5) is 4.39 Å². The number of benzene rings is 1. The molecule has 98 valence electrons. The van der Waals surface area contributed by atoms with Gasteiger partial charge in [0.2, 0.25) is 0 Å². The van der Waals surface area contributed by atoms with E-state index in [0.29, 0.717) is 18.6 Å². The molecule has 0 amide bonds. The van der Waals surface area contributed by atoms with E-state index in [4.69, 9.17) is 0 Å². The van der Waals surface area contributed by atoms with Gasteiger partial charge in [0.1, 0.15) is 11.6 Å². The molecule has 1 aromatic carbocycles. The highest BCUT2D eigenvalue weighted by molar-refractivity contribution is 5.80. The van der Waals surface area contributed by atoms with E-state index in [1.54, 1.807) is 12.1 Å². The van der Waals surface area contributed by atoms with Crippen molar-refractivity contribution in [2.24, 2.45) is 0 Å². The molecule has 0 saturated carbocycles. The summed E-state index contributed by atoms with van der Waals surface area (Å²) in [6.45, 7) is 0. The molecule has 0 unspecified atom stereocenters. The summed E-state index contributed by atoms with van der Waals surface area (Å²) in [7, 11) is 0. The molecule has 0 spiro atoms. The molecule has 3 rings (SSSR count). The standard InChI is InChI=1S/C17H17FO/c18-16-3-1-2-13(11-16)15-5-4-12-6-8-17(19)9-7-14(12)10-15/h1-3,5,11H,4,6-10H2. The average Bonchev–Trinajstić information content (AvgIpc) is 2.61. The lowest BCUT2D eigenvalue weighted by molar-refractivity contribution is -0.118. The van der Waals surface area contributed by atoms with Crippen LogP contribution < -0.4 is 0 Å². The molecule has 2 aliphatic carbocycles. The lowest BCUT2D eigenvalue weighted by Gasteiger charge is -2.19. The second kappa shape index (κ2) is 5.12. The molecule has 0 aromatic heterocycles. The molecule has 0 aliphatic heterocycles. The van der Waals surface area contributed by atoms with Crippen LogP contribution in [0.2, 0.25) is 0 Å². The van der Waals surface area contributed by atoms with Crippen LogP contribution in [-0.4, -0.2) is 5.78 Å². The van der Waals surface area contributed by atoms with Gasteiger partial charge in [-0.2, -0.15) is 0 Å². The van der Waals surface area contributed by atoms with Crippen LogP contribution in [0.3, 0.4) is 0 Å². The van der Waals surface area contributed by atoms with Crippen LogP contribution in [0, 0.1) is 5.82 Å². The molecule has 0 saturated heterocycles. The third kappa shape index (κ3) is 2.67. The van der Waals surface area contributed by atoms with E-state index in [1.807, 2.05) is 6.07 Å². The van der Waals surface area contributed by atoms with Crippen molar-refractivity contribution in [3.05, 3.63) is 52.9 Å². The Hall–Kier alpha value is -1.70. The molecule has 1 aromatic rings. The summed E-state index contributed by atoms with van der Waals surface area (Å²) in [5.74, 6) is 0.191. The van der Waals surface area contributed by atoms with Gasteiger partial charge in [-0.1, -0.05) is 29.4 Å². The highest BCUT2D eigenvalue weighted by Gasteiger charge is 2.20. The summed E-state index contributed by atoms with van der Waals surface area (Å²) in [5.41, 5.74) is 5.02. The van der Waals surface area contributed by atoms with Gasteiger partial charge in [-0.3, -0.25) is 4.79 Å². The summed E-state index contributed by atoms with van der Waals surface area (Å²) in [5, 5.41) is 0. The predicted octanol–water partition coefficient (Wildman–Crippen LogP) is 4.44. The van der Waals surface area contributed by atoms with Gasteiger partial charge >= 0.3 is 0 Å². The first-order valence-corrected chi connectivity index (χ1v) is 6.89. The lowest BCUT2D eigenvalue weighted by Crippen LogP contribution is -1.99. The molecular formula is C17H17FO. The highest BCUT2D eigenvalue weighted by atomic mass is 19.1. The Kier molecular flexibility index (Phi) is 3.33. The van der Waals surface area contributed by atoms with Crippen molar-refractivity contribution >= 4 is 11.4 Å². The summed E-state index contributed by atoms with van der Waals surface area (Å²) in [6, 6.07) is 6.79. The Morgan fingerprint density at radius 2 is 1.79 bits per heavy atom. The zero-order valence-corrected chi connectivity index (χ0v) is 10.9. The maximum Gasteiger partial charge on any atom is 0.133 e. The van der Waals surface area contributed by atoms with Crippen molar-refractivity contribution in [2.75, 3.05) is 0 Å².